The van der Waals surface area contributed by atoms with Crippen LogP contribution >= 0.6 is 24.0 Å². The maximum atomic E-state index is 12.4. The SMILES string of the molecule is CC(C)Oc1c(Cl)cccc1NC(=O)CC1CC2CCC(C1)N2.Cl. The van der Waals surface area contributed by atoms with Crippen LogP contribution in [0.2, 0.25) is 5.02 Å². The predicted molar refractivity (Wildman–Crippen MR) is 100 cm³/mol. The summed E-state index contributed by atoms with van der Waals surface area (Å²) in [7, 11) is 0. The Bertz CT molecular complexity index is 568. The van der Waals surface area contributed by atoms with Crippen molar-refractivity contribution in [3.63, 3.8) is 0 Å². The van der Waals surface area contributed by atoms with Gasteiger partial charge in [0.1, 0.15) is 0 Å². The molecule has 1 aromatic rings. The normalized spacial score (nSPS) is 25.2. The van der Waals surface area contributed by atoms with E-state index in [0.717, 1.165) is 12.8 Å². The summed E-state index contributed by atoms with van der Waals surface area (Å²) in [5.41, 5.74) is 0.660. The molecule has 2 aliphatic rings. The minimum absolute atomic E-state index is 0. The maximum absolute atomic E-state index is 12.4. The van der Waals surface area contributed by atoms with E-state index in [1.807, 2.05) is 26.0 Å². The zero-order valence-electron chi connectivity index (χ0n) is 14.2. The van der Waals surface area contributed by atoms with Crippen molar-refractivity contribution in [3.8, 4) is 5.75 Å². The van der Waals surface area contributed by atoms with E-state index in [-0.39, 0.29) is 24.4 Å². The molecule has 2 aliphatic heterocycles. The first kappa shape index (κ1) is 19.4. The van der Waals surface area contributed by atoms with Crippen LogP contribution in [0.25, 0.3) is 0 Å². The maximum Gasteiger partial charge on any atom is 0.224 e. The van der Waals surface area contributed by atoms with Gasteiger partial charge >= 0.3 is 0 Å². The van der Waals surface area contributed by atoms with Crippen LogP contribution in [0.4, 0.5) is 5.69 Å². The second-order valence-electron chi connectivity index (χ2n) is 7.01. The average Bonchev–Trinajstić information content (AvgIpc) is 2.81. The fraction of sp³-hybridized carbons (Fsp3) is 0.611. The zero-order chi connectivity index (χ0) is 16.4. The first-order valence-corrected chi connectivity index (χ1v) is 8.90. The molecular weight excluding hydrogens is 347 g/mol. The van der Waals surface area contributed by atoms with Gasteiger partial charge in [0.05, 0.1) is 16.8 Å². The summed E-state index contributed by atoms with van der Waals surface area (Å²) in [5, 5.41) is 7.12. The molecule has 2 saturated heterocycles. The number of rotatable bonds is 5. The first-order valence-electron chi connectivity index (χ1n) is 8.52. The molecule has 0 aromatic heterocycles. The number of hydrogen-bond acceptors (Lipinski definition) is 3. The molecule has 4 nitrogen and oxygen atoms in total. The highest BCUT2D eigenvalue weighted by atomic mass is 35.5. The third-order valence-electron chi connectivity index (χ3n) is 4.64. The van der Waals surface area contributed by atoms with E-state index in [1.54, 1.807) is 6.07 Å². The smallest absolute Gasteiger partial charge is 0.224 e. The number of halogens is 2. The number of amides is 1. The third-order valence-corrected chi connectivity index (χ3v) is 4.94. The molecule has 2 N–H and O–H groups in total. The quantitative estimate of drug-likeness (QED) is 0.804. The van der Waals surface area contributed by atoms with Crippen LogP contribution < -0.4 is 15.4 Å². The Morgan fingerprint density at radius 3 is 2.62 bits per heavy atom. The average molecular weight is 373 g/mol. The summed E-state index contributed by atoms with van der Waals surface area (Å²) in [4.78, 5) is 12.4. The molecular formula is C18H26Cl2N2O2. The summed E-state index contributed by atoms with van der Waals surface area (Å²) in [6, 6.07) is 6.67. The van der Waals surface area contributed by atoms with Crippen LogP contribution in [-0.2, 0) is 4.79 Å². The molecule has 1 amide bonds. The molecule has 0 saturated carbocycles. The molecule has 1 aromatic carbocycles. The van der Waals surface area contributed by atoms with Crippen LogP contribution in [0.1, 0.15) is 46.0 Å². The molecule has 2 bridgehead atoms. The number of para-hydroxylation sites is 1. The first-order chi connectivity index (χ1) is 11.0. The van der Waals surface area contributed by atoms with Crippen molar-refractivity contribution in [3.05, 3.63) is 23.2 Å². The zero-order valence-corrected chi connectivity index (χ0v) is 15.8. The van der Waals surface area contributed by atoms with Crippen LogP contribution in [0.3, 0.4) is 0 Å². The van der Waals surface area contributed by atoms with E-state index in [1.165, 1.54) is 12.8 Å². The number of carbonyl (C=O) groups is 1. The van der Waals surface area contributed by atoms with Gasteiger partial charge in [-0.1, -0.05) is 17.7 Å². The molecule has 0 aliphatic carbocycles. The highest BCUT2D eigenvalue weighted by Gasteiger charge is 2.34. The lowest BCUT2D eigenvalue weighted by atomic mass is 9.89. The number of hydrogen-bond donors (Lipinski definition) is 2. The highest BCUT2D eigenvalue weighted by molar-refractivity contribution is 6.32. The second-order valence-corrected chi connectivity index (χ2v) is 7.42. The minimum Gasteiger partial charge on any atom is -0.487 e. The van der Waals surface area contributed by atoms with Gasteiger partial charge in [-0.25, -0.2) is 0 Å². The van der Waals surface area contributed by atoms with Crippen molar-refractivity contribution in [2.24, 2.45) is 5.92 Å². The van der Waals surface area contributed by atoms with Crippen LogP contribution in [0, 0.1) is 5.92 Å². The number of carbonyl (C=O) groups excluding carboxylic acids is 1. The van der Waals surface area contributed by atoms with Gasteiger partial charge in [0.25, 0.3) is 0 Å². The van der Waals surface area contributed by atoms with Gasteiger partial charge in [-0.2, -0.15) is 0 Å². The number of benzene rings is 1. The van der Waals surface area contributed by atoms with Crippen LogP contribution in [0.5, 0.6) is 5.75 Å². The van der Waals surface area contributed by atoms with Crippen molar-refractivity contribution >= 4 is 35.6 Å². The number of fused-ring (bicyclic) bond motifs is 2. The molecule has 2 unspecified atom stereocenters. The number of anilines is 1. The standard InChI is InChI=1S/C18H25ClN2O2.ClH/c1-11(2)23-18-15(19)4-3-5-16(18)21-17(22)10-12-8-13-6-7-14(9-12)20-13;/h3-5,11-14,20H,6-10H2,1-2H3,(H,21,22);1H. The van der Waals surface area contributed by atoms with Crippen molar-refractivity contribution in [2.45, 2.75) is 64.1 Å². The fourth-order valence-electron chi connectivity index (χ4n) is 3.77. The Morgan fingerprint density at radius 1 is 1.33 bits per heavy atom. The van der Waals surface area contributed by atoms with E-state index < -0.39 is 0 Å². The summed E-state index contributed by atoms with van der Waals surface area (Å²) in [6.45, 7) is 3.89. The molecule has 134 valence electrons. The second kappa shape index (κ2) is 8.41. The molecule has 2 fully saturated rings. The largest absolute Gasteiger partial charge is 0.487 e. The lowest BCUT2D eigenvalue weighted by Gasteiger charge is -2.28. The number of piperidine rings is 1. The topological polar surface area (TPSA) is 50.4 Å². The van der Waals surface area contributed by atoms with Crippen LogP contribution in [-0.4, -0.2) is 24.1 Å². The summed E-state index contributed by atoms with van der Waals surface area (Å²) in [6.07, 6.45) is 5.30. The van der Waals surface area contributed by atoms with Crippen molar-refractivity contribution in [1.29, 1.82) is 0 Å². The van der Waals surface area contributed by atoms with E-state index >= 15 is 0 Å². The fourth-order valence-corrected chi connectivity index (χ4v) is 3.99. The summed E-state index contributed by atoms with van der Waals surface area (Å²) >= 11 is 6.21. The molecule has 0 spiro atoms. The molecule has 3 rings (SSSR count). The van der Waals surface area contributed by atoms with Crippen molar-refractivity contribution < 1.29 is 9.53 Å². The van der Waals surface area contributed by atoms with Crippen LogP contribution in [0.15, 0.2) is 18.2 Å². The Labute approximate surface area is 155 Å². The Balaban J connectivity index is 0.00000208. The van der Waals surface area contributed by atoms with E-state index in [0.29, 0.717) is 40.9 Å². The van der Waals surface area contributed by atoms with Gasteiger partial charge < -0.3 is 15.4 Å². The van der Waals surface area contributed by atoms with Gasteiger partial charge in [0.2, 0.25) is 5.91 Å². The van der Waals surface area contributed by atoms with Gasteiger partial charge in [0, 0.05) is 18.5 Å². The summed E-state index contributed by atoms with van der Waals surface area (Å²) in [5.74, 6) is 1.08. The van der Waals surface area contributed by atoms with Crippen molar-refractivity contribution in [1.82, 2.24) is 5.32 Å². The van der Waals surface area contributed by atoms with Gasteiger partial charge in [0.15, 0.2) is 5.75 Å². The Hall–Kier alpha value is -0.970. The van der Waals surface area contributed by atoms with E-state index in [2.05, 4.69) is 10.6 Å². The highest BCUT2D eigenvalue weighted by Crippen LogP contribution is 2.35. The van der Waals surface area contributed by atoms with Gasteiger partial charge in [-0.3, -0.25) is 4.79 Å². The third kappa shape index (κ3) is 4.78. The molecule has 6 heteroatoms. The molecule has 0 radical (unpaired) electrons. The predicted octanol–water partition coefficient (Wildman–Crippen LogP) is 4.41. The molecule has 2 heterocycles. The Morgan fingerprint density at radius 2 is 2.00 bits per heavy atom. The molecule has 24 heavy (non-hydrogen) atoms. The number of ether oxygens (including phenoxy) is 1. The molecule has 2 atom stereocenters. The monoisotopic (exact) mass is 372 g/mol. The van der Waals surface area contributed by atoms with E-state index in [4.69, 9.17) is 16.3 Å². The van der Waals surface area contributed by atoms with E-state index in [9.17, 15) is 4.79 Å². The van der Waals surface area contributed by atoms with Gasteiger partial charge in [-0.15, -0.1) is 12.4 Å². The van der Waals surface area contributed by atoms with Crippen molar-refractivity contribution in [2.75, 3.05) is 5.32 Å². The minimum atomic E-state index is 0. The summed E-state index contributed by atoms with van der Waals surface area (Å²) < 4.78 is 5.75. The van der Waals surface area contributed by atoms with Gasteiger partial charge in [-0.05, 0) is 57.6 Å². The lowest BCUT2D eigenvalue weighted by Crippen LogP contribution is -2.39. The lowest BCUT2D eigenvalue weighted by molar-refractivity contribution is -0.117. The number of nitrogens with one attached hydrogen (secondary N) is 2. The Kier molecular flexibility index (Phi) is 6.79.